The van der Waals surface area contributed by atoms with Gasteiger partial charge in [-0.05, 0) is 51.0 Å². The van der Waals surface area contributed by atoms with Crippen molar-refractivity contribution in [3.8, 4) is 0 Å². The first-order valence-corrected chi connectivity index (χ1v) is 10.2. The Balaban J connectivity index is 1.87. The summed E-state index contributed by atoms with van der Waals surface area (Å²) in [6.07, 6.45) is -0.256. The summed E-state index contributed by atoms with van der Waals surface area (Å²) < 4.78 is 33.2. The van der Waals surface area contributed by atoms with E-state index in [-0.39, 0.29) is 29.2 Å². The number of benzene rings is 2. The minimum absolute atomic E-state index is 0.000483. The summed E-state index contributed by atoms with van der Waals surface area (Å²) in [5.41, 5.74) is 3.08. The normalized spacial score (nSPS) is 22.0. The molecule has 0 spiro atoms. The summed E-state index contributed by atoms with van der Waals surface area (Å²) in [6, 6.07) is 8.68. The molecule has 4 rings (SSSR count). The Bertz CT molecular complexity index is 1100. The highest BCUT2D eigenvalue weighted by Gasteiger charge is 2.44. The molecule has 0 bridgehead atoms. The molecule has 7 heteroatoms. The maximum absolute atomic E-state index is 13.9. The van der Waals surface area contributed by atoms with Gasteiger partial charge in [0.1, 0.15) is 5.70 Å². The van der Waals surface area contributed by atoms with Crippen LogP contribution in [0.2, 0.25) is 0 Å². The highest BCUT2D eigenvalue weighted by atomic mass is 19.2. The number of halogens is 2. The third-order valence-electron chi connectivity index (χ3n) is 5.61. The van der Waals surface area contributed by atoms with Gasteiger partial charge in [-0.3, -0.25) is 9.59 Å². The molecule has 0 saturated carbocycles. The molecule has 0 aromatic heterocycles. The van der Waals surface area contributed by atoms with Gasteiger partial charge in [0.15, 0.2) is 11.6 Å². The van der Waals surface area contributed by atoms with Crippen LogP contribution in [-0.4, -0.2) is 42.0 Å². The number of carbonyl (C=O) groups excluding carboxylic acids is 2. The zero-order valence-electron chi connectivity index (χ0n) is 17.9. The number of carbonyl (C=O) groups is 2. The van der Waals surface area contributed by atoms with Crippen LogP contribution in [0.3, 0.4) is 0 Å². The smallest absolute Gasteiger partial charge is 0.282 e. The van der Waals surface area contributed by atoms with Gasteiger partial charge in [0.05, 0.1) is 23.5 Å². The maximum Gasteiger partial charge on any atom is 0.282 e. The fraction of sp³-hybridized carbons (Fsp3) is 0.333. The van der Waals surface area contributed by atoms with E-state index in [0.717, 1.165) is 28.2 Å². The first kappa shape index (κ1) is 21.2. The Morgan fingerprint density at radius 3 is 2.19 bits per heavy atom. The molecule has 2 aliphatic heterocycles. The van der Waals surface area contributed by atoms with Crippen molar-refractivity contribution < 1.29 is 23.1 Å². The Kier molecular flexibility index (Phi) is 5.39. The van der Waals surface area contributed by atoms with Gasteiger partial charge in [-0.25, -0.2) is 13.7 Å². The molecular formula is C24H24F2N2O3. The lowest BCUT2D eigenvalue weighted by atomic mass is 9.97. The van der Waals surface area contributed by atoms with Crippen molar-refractivity contribution in [3.05, 3.63) is 70.4 Å². The molecule has 2 aromatic carbocycles. The Hall–Kier alpha value is -3.06. The molecule has 1 saturated heterocycles. The van der Waals surface area contributed by atoms with Crippen LogP contribution in [0.4, 0.5) is 14.5 Å². The molecule has 1 fully saturated rings. The van der Waals surface area contributed by atoms with E-state index in [0.29, 0.717) is 18.7 Å². The maximum atomic E-state index is 13.9. The molecule has 2 amide bonds. The number of ether oxygens (including phenoxy) is 1. The lowest BCUT2D eigenvalue weighted by Gasteiger charge is -2.37. The van der Waals surface area contributed by atoms with Crippen molar-refractivity contribution in [2.45, 2.75) is 39.9 Å². The largest absolute Gasteiger partial charge is 0.372 e. The standard InChI is InChI=1S/C24H24F2N2O3/c1-13-5-7-18(14(2)9-13)21-22(27-11-15(3)31-16(4)12-27)24(30)28(23(21)29)17-6-8-19(25)20(26)10-17/h5-10,15-16H,11-12H2,1-4H3. The van der Waals surface area contributed by atoms with Gasteiger partial charge in [0.25, 0.3) is 11.8 Å². The van der Waals surface area contributed by atoms with E-state index >= 15 is 0 Å². The van der Waals surface area contributed by atoms with E-state index in [1.807, 2.05) is 50.8 Å². The van der Waals surface area contributed by atoms with Crippen LogP contribution >= 0.6 is 0 Å². The van der Waals surface area contributed by atoms with Crippen molar-refractivity contribution in [1.82, 2.24) is 4.90 Å². The zero-order chi connectivity index (χ0) is 22.4. The summed E-state index contributed by atoms with van der Waals surface area (Å²) in [5.74, 6) is -3.26. The van der Waals surface area contributed by atoms with Gasteiger partial charge in [0, 0.05) is 19.2 Å². The highest BCUT2D eigenvalue weighted by molar-refractivity contribution is 6.45. The van der Waals surface area contributed by atoms with E-state index in [1.54, 1.807) is 0 Å². The second kappa shape index (κ2) is 7.89. The van der Waals surface area contributed by atoms with Gasteiger partial charge < -0.3 is 9.64 Å². The van der Waals surface area contributed by atoms with Crippen LogP contribution in [0.1, 0.15) is 30.5 Å². The van der Waals surface area contributed by atoms with Crippen LogP contribution in [0.15, 0.2) is 42.1 Å². The first-order chi connectivity index (χ1) is 14.7. The van der Waals surface area contributed by atoms with Gasteiger partial charge in [0.2, 0.25) is 0 Å². The minimum atomic E-state index is -1.12. The fourth-order valence-electron chi connectivity index (χ4n) is 4.37. The van der Waals surface area contributed by atoms with Crippen LogP contribution in [-0.2, 0) is 14.3 Å². The number of aryl methyl sites for hydroxylation is 2. The third-order valence-corrected chi connectivity index (χ3v) is 5.61. The molecule has 2 heterocycles. The molecule has 2 unspecified atom stereocenters. The lowest BCUT2D eigenvalue weighted by Crippen LogP contribution is -2.47. The summed E-state index contributed by atoms with van der Waals surface area (Å²) >= 11 is 0. The number of imide groups is 1. The Morgan fingerprint density at radius 1 is 0.903 bits per heavy atom. The number of nitrogens with zero attached hydrogens (tertiary/aromatic N) is 2. The first-order valence-electron chi connectivity index (χ1n) is 10.2. The second-order valence-corrected chi connectivity index (χ2v) is 8.25. The van der Waals surface area contributed by atoms with Crippen molar-refractivity contribution >= 4 is 23.1 Å². The predicted molar refractivity (Wildman–Crippen MR) is 113 cm³/mol. The number of amides is 2. The third kappa shape index (κ3) is 3.74. The number of hydrogen-bond donors (Lipinski definition) is 0. The van der Waals surface area contributed by atoms with Crippen LogP contribution in [0.5, 0.6) is 0 Å². The van der Waals surface area contributed by atoms with Gasteiger partial charge >= 0.3 is 0 Å². The molecule has 0 aliphatic carbocycles. The average molecular weight is 426 g/mol. The molecule has 2 aromatic rings. The van der Waals surface area contributed by atoms with E-state index < -0.39 is 23.4 Å². The summed E-state index contributed by atoms with van der Waals surface area (Å²) in [5, 5.41) is 0. The monoisotopic (exact) mass is 426 g/mol. The molecule has 0 N–H and O–H groups in total. The van der Waals surface area contributed by atoms with Crippen molar-refractivity contribution in [2.24, 2.45) is 0 Å². The summed E-state index contributed by atoms with van der Waals surface area (Å²) in [7, 11) is 0. The second-order valence-electron chi connectivity index (χ2n) is 8.25. The fourth-order valence-corrected chi connectivity index (χ4v) is 4.37. The molecule has 31 heavy (non-hydrogen) atoms. The Labute approximate surface area is 179 Å². The topological polar surface area (TPSA) is 49.9 Å². The van der Waals surface area contributed by atoms with Crippen molar-refractivity contribution in [1.29, 1.82) is 0 Å². The van der Waals surface area contributed by atoms with E-state index in [2.05, 4.69) is 0 Å². The van der Waals surface area contributed by atoms with Crippen LogP contribution < -0.4 is 4.90 Å². The van der Waals surface area contributed by atoms with E-state index in [1.165, 1.54) is 6.07 Å². The van der Waals surface area contributed by atoms with Crippen molar-refractivity contribution in [3.63, 3.8) is 0 Å². The minimum Gasteiger partial charge on any atom is -0.372 e. The van der Waals surface area contributed by atoms with Gasteiger partial charge in [-0.2, -0.15) is 0 Å². The quantitative estimate of drug-likeness (QED) is 0.697. The van der Waals surface area contributed by atoms with Gasteiger partial charge in [-0.15, -0.1) is 0 Å². The van der Waals surface area contributed by atoms with Crippen molar-refractivity contribution in [2.75, 3.05) is 18.0 Å². The van der Waals surface area contributed by atoms with Gasteiger partial charge in [-0.1, -0.05) is 23.8 Å². The number of rotatable bonds is 3. The SMILES string of the molecule is Cc1ccc(C2=C(N3CC(C)OC(C)C3)C(=O)N(c3ccc(F)c(F)c3)C2=O)c(C)c1. The molecule has 0 radical (unpaired) electrons. The lowest BCUT2D eigenvalue weighted by molar-refractivity contribution is -0.121. The molecule has 5 nitrogen and oxygen atoms in total. The molecular weight excluding hydrogens is 402 g/mol. The average Bonchev–Trinajstić information content (AvgIpc) is 2.94. The van der Waals surface area contributed by atoms with E-state index in [9.17, 15) is 18.4 Å². The Morgan fingerprint density at radius 2 is 1.58 bits per heavy atom. The predicted octanol–water partition coefficient (Wildman–Crippen LogP) is 3.98. The van der Waals surface area contributed by atoms with Crippen LogP contribution in [0, 0.1) is 25.5 Å². The molecule has 2 atom stereocenters. The van der Waals surface area contributed by atoms with Crippen LogP contribution in [0.25, 0.3) is 5.57 Å². The molecule has 2 aliphatic rings. The summed E-state index contributed by atoms with van der Waals surface area (Å²) in [4.78, 5) is 29.9. The zero-order valence-corrected chi connectivity index (χ0v) is 17.9. The number of morpholine rings is 1. The number of hydrogen-bond acceptors (Lipinski definition) is 4. The molecule has 162 valence electrons. The summed E-state index contributed by atoms with van der Waals surface area (Å²) in [6.45, 7) is 8.54. The number of anilines is 1. The van der Waals surface area contributed by atoms with E-state index in [4.69, 9.17) is 4.74 Å². The highest BCUT2D eigenvalue weighted by Crippen LogP contribution is 2.37.